The van der Waals surface area contributed by atoms with Crippen molar-refractivity contribution >= 4 is 23.5 Å². The van der Waals surface area contributed by atoms with Crippen molar-refractivity contribution < 1.29 is 4.79 Å². The average molecular weight is 405 g/mol. The molecule has 0 radical (unpaired) electrons. The fourth-order valence-corrected chi connectivity index (χ4v) is 4.84. The molecule has 1 aromatic rings. The maximum Gasteiger partial charge on any atom is 0.220 e. The van der Waals surface area contributed by atoms with Crippen molar-refractivity contribution in [1.29, 1.82) is 0 Å². The van der Waals surface area contributed by atoms with Crippen LogP contribution >= 0.6 is 11.6 Å². The summed E-state index contributed by atoms with van der Waals surface area (Å²) in [4.78, 5) is 18.5. The maximum atomic E-state index is 11.6. The zero-order chi connectivity index (χ0) is 20.0. The Balaban J connectivity index is 1.59. The summed E-state index contributed by atoms with van der Waals surface area (Å²) in [5.41, 5.74) is 1.54. The van der Waals surface area contributed by atoms with Crippen molar-refractivity contribution in [2.24, 2.45) is 10.9 Å². The second-order valence-electron chi connectivity index (χ2n) is 8.20. The summed E-state index contributed by atoms with van der Waals surface area (Å²) in [5, 5.41) is 7.19. The first kappa shape index (κ1) is 21.0. The molecule has 2 N–H and O–H groups in total. The number of likely N-dealkylation sites (tertiary alicyclic amines) is 1. The molecular weight excluding hydrogens is 372 g/mol. The van der Waals surface area contributed by atoms with Gasteiger partial charge in [0.15, 0.2) is 5.96 Å². The Morgan fingerprint density at radius 1 is 1.21 bits per heavy atom. The molecule has 6 heteroatoms. The first-order valence-corrected chi connectivity index (χ1v) is 10.9. The topological polar surface area (TPSA) is 56.7 Å². The summed E-state index contributed by atoms with van der Waals surface area (Å²) >= 11 is 6.10. The van der Waals surface area contributed by atoms with E-state index >= 15 is 0 Å². The van der Waals surface area contributed by atoms with Gasteiger partial charge in [-0.1, -0.05) is 36.6 Å². The predicted octanol–water partition coefficient (Wildman–Crippen LogP) is 3.58. The van der Waals surface area contributed by atoms with E-state index in [0.717, 1.165) is 43.5 Å². The first-order valence-electron chi connectivity index (χ1n) is 10.5. The molecule has 0 atom stereocenters. The second kappa shape index (κ2) is 9.64. The van der Waals surface area contributed by atoms with E-state index in [1.165, 1.54) is 31.2 Å². The van der Waals surface area contributed by atoms with Crippen molar-refractivity contribution in [1.82, 2.24) is 15.5 Å². The van der Waals surface area contributed by atoms with Crippen molar-refractivity contribution in [3.8, 4) is 0 Å². The highest BCUT2D eigenvalue weighted by atomic mass is 35.5. The minimum Gasteiger partial charge on any atom is -0.359 e. The minimum absolute atomic E-state index is 0.145. The fourth-order valence-electron chi connectivity index (χ4n) is 4.72. The number of carbonyl (C=O) groups excluding carboxylic acids is 1. The zero-order valence-electron chi connectivity index (χ0n) is 17.1. The Labute approximate surface area is 173 Å². The van der Waals surface area contributed by atoms with Gasteiger partial charge in [0.25, 0.3) is 0 Å². The van der Waals surface area contributed by atoms with Gasteiger partial charge in [-0.25, -0.2) is 0 Å². The van der Waals surface area contributed by atoms with Crippen LogP contribution in [0, 0.1) is 5.92 Å². The molecule has 1 aromatic carbocycles. The number of rotatable bonds is 5. The normalized spacial score (nSPS) is 20.2. The number of nitrogens with zero attached hydrogens (tertiary/aromatic N) is 2. The smallest absolute Gasteiger partial charge is 0.220 e. The lowest BCUT2D eigenvalue weighted by Gasteiger charge is -2.36. The molecule has 3 rings (SSSR count). The highest BCUT2D eigenvalue weighted by molar-refractivity contribution is 6.30. The van der Waals surface area contributed by atoms with E-state index in [1.54, 1.807) is 7.05 Å². The van der Waals surface area contributed by atoms with Crippen LogP contribution in [0.5, 0.6) is 0 Å². The molecule has 0 spiro atoms. The molecular formula is C22H33ClN4O. The molecule has 1 saturated carbocycles. The number of hydrogen-bond acceptors (Lipinski definition) is 2. The molecule has 28 heavy (non-hydrogen) atoms. The highest BCUT2D eigenvalue weighted by Crippen LogP contribution is 2.41. The van der Waals surface area contributed by atoms with Crippen molar-refractivity contribution in [3.63, 3.8) is 0 Å². The van der Waals surface area contributed by atoms with Crippen LogP contribution in [0.15, 0.2) is 29.3 Å². The number of hydrogen-bond donors (Lipinski definition) is 2. The lowest BCUT2D eigenvalue weighted by atomic mass is 9.79. The summed E-state index contributed by atoms with van der Waals surface area (Å²) in [5.74, 6) is 1.61. The maximum absolute atomic E-state index is 11.6. The van der Waals surface area contributed by atoms with Gasteiger partial charge in [-0.2, -0.15) is 0 Å². The van der Waals surface area contributed by atoms with Gasteiger partial charge in [0, 0.05) is 50.6 Å². The monoisotopic (exact) mass is 404 g/mol. The molecule has 1 heterocycles. The van der Waals surface area contributed by atoms with E-state index in [4.69, 9.17) is 11.6 Å². The van der Waals surface area contributed by atoms with Crippen LogP contribution in [0.1, 0.15) is 50.5 Å². The van der Waals surface area contributed by atoms with Gasteiger partial charge < -0.3 is 15.5 Å². The number of halogens is 1. The van der Waals surface area contributed by atoms with Crippen LogP contribution in [0.3, 0.4) is 0 Å². The summed E-state index contributed by atoms with van der Waals surface area (Å²) in [7, 11) is 3.57. The summed E-state index contributed by atoms with van der Waals surface area (Å²) in [6, 6.07) is 8.37. The largest absolute Gasteiger partial charge is 0.359 e. The minimum atomic E-state index is 0.145. The van der Waals surface area contributed by atoms with E-state index in [0.29, 0.717) is 12.3 Å². The van der Waals surface area contributed by atoms with Crippen LogP contribution in [0.4, 0.5) is 0 Å². The van der Waals surface area contributed by atoms with E-state index in [1.807, 2.05) is 19.2 Å². The quantitative estimate of drug-likeness (QED) is 0.582. The lowest BCUT2D eigenvalue weighted by Crippen LogP contribution is -2.49. The molecule has 2 fully saturated rings. The zero-order valence-corrected chi connectivity index (χ0v) is 17.9. The number of piperidine rings is 1. The van der Waals surface area contributed by atoms with Gasteiger partial charge in [0.2, 0.25) is 5.91 Å². The third kappa shape index (κ3) is 4.99. The van der Waals surface area contributed by atoms with E-state index < -0.39 is 0 Å². The van der Waals surface area contributed by atoms with Crippen LogP contribution in [-0.4, -0.2) is 50.5 Å². The molecule has 0 aromatic heterocycles. The number of guanidine groups is 1. The third-order valence-electron chi connectivity index (χ3n) is 6.48. The Morgan fingerprint density at radius 3 is 2.43 bits per heavy atom. The lowest BCUT2D eigenvalue weighted by molar-refractivity contribution is -0.121. The Hall–Kier alpha value is -1.75. The van der Waals surface area contributed by atoms with E-state index in [-0.39, 0.29) is 11.3 Å². The van der Waals surface area contributed by atoms with Crippen molar-refractivity contribution in [2.75, 3.05) is 33.7 Å². The summed E-state index contributed by atoms with van der Waals surface area (Å²) in [6.45, 7) is 2.81. The van der Waals surface area contributed by atoms with Gasteiger partial charge in [0.1, 0.15) is 0 Å². The average Bonchev–Trinajstić information content (AvgIpc) is 3.20. The Bertz CT molecular complexity index is 674. The molecule has 1 aliphatic carbocycles. The summed E-state index contributed by atoms with van der Waals surface area (Å²) < 4.78 is 0. The predicted molar refractivity (Wildman–Crippen MR) is 116 cm³/mol. The van der Waals surface area contributed by atoms with Gasteiger partial charge in [-0.05, 0) is 49.3 Å². The number of benzene rings is 1. The Morgan fingerprint density at radius 2 is 1.86 bits per heavy atom. The Kier molecular flexibility index (Phi) is 7.22. The molecule has 1 saturated heterocycles. The molecule has 5 nitrogen and oxygen atoms in total. The van der Waals surface area contributed by atoms with Gasteiger partial charge >= 0.3 is 0 Å². The first-order chi connectivity index (χ1) is 13.6. The van der Waals surface area contributed by atoms with Crippen LogP contribution < -0.4 is 10.6 Å². The SMILES string of the molecule is CN=C(NCC1(c2ccc(Cl)cc2)CCCC1)N1CCC(CC(=O)NC)CC1. The number of aliphatic imine (C=N–C) groups is 1. The number of nitrogens with one attached hydrogen (secondary N) is 2. The van der Waals surface area contributed by atoms with Gasteiger partial charge in [-0.3, -0.25) is 9.79 Å². The number of carbonyl (C=O) groups is 1. The molecule has 1 amide bonds. The molecule has 0 bridgehead atoms. The van der Waals surface area contributed by atoms with Crippen molar-refractivity contribution in [2.45, 2.75) is 50.4 Å². The standard InChI is InChI=1S/C22H33ClN4O/c1-24-20(28)15-17-9-13-27(14-10-17)21(25-2)26-16-22(11-3-4-12-22)18-5-7-19(23)8-6-18/h5-8,17H,3-4,9-16H2,1-2H3,(H,24,28)(H,25,26). The van der Waals surface area contributed by atoms with Gasteiger partial charge in [0.05, 0.1) is 0 Å². The molecule has 2 aliphatic rings. The molecule has 154 valence electrons. The molecule has 1 aliphatic heterocycles. The van der Waals surface area contributed by atoms with Crippen LogP contribution in [0.2, 0.25) is 5.02 Å². The van der Waals surface area contributed by atoms with Crippen LogP contribution in [-0.2, 0) is 10.2 Å². The second-order valence-corrected chi connectivity index (χ2v) is 8.64. The summed E-state index contributed by atoms with van der Waals surface area (Å²) in [6.07, 6.45) is 7.66. The molecule has 0 unspecified atom stereocenters. The fraction of sp³-hybridized carbons (Fsp3) is 0.636. The van der Waals surface area contributed by atoms with Crippen LogP contribution in [0.25, 0.3) is 0 Å². The van der Waals surface area contributed by atoms with Gasteiger partial charge in [-0.15, -0.1) is 0 Å². The third-order valence-corrected chi connectivity index (χ3v) is 6.73. The number of amides is 1. The van der Waals surface area contributed by atoms with Crippen molar-refractivity contribution in [3.05, 3.63) is 34.9 Å². The van der Waals surface area contributed by atoms with E-state index in [2.05, 4.69) is 32.7 Å². The highest BCUT2D eigenvalue weighted by Gasteiger charge is 2.36. The van der Waals surface area contributed by atoms with E-state index in [9.17, 15) is 4.79 Å².